The van der Waals surface area contributed by atoms with E-state index < -0.39 is 0 Å². The van der Waals surface area contributed by atoms with E-state index in [4.69, 9.17) is 5.32 Å². The second kappa shape index (κ2) is 6.01. The lowest BCUT2D eigenvalue weighted by Crippen LogP contribution is -2.43. The maximum Gasteiger partial charge on any atom is 0.0456 e. The van der Waals surface area contributed by atoms with E-state index in [2.05, 4.69) is 68.5 Å². The van der Waals surface area contributed by atoms with Gasteiger partial charge < -0.3 is 10.3 Å². The first-order valence-electron chi connectivity index (χ1n) is 8.46. The number of H-pyrrole nitrogens is 1. The van der Waals surface area contributed by atoms with Crippen molar-refractivity contribution in [3.05, 3.63) is 66.1 Å². The first kappa shape index (κ1) is 16.1. The molecule has 0 radical (unpaired) electrons. The molecule has 1 heterocycles. The van der Waals surface area contributed by atoms with Crippen molar-refractivity contribution in [2.75, 3.05) is 7.05 Å². The Morgan fingerprint density at radius 2 is 2.13 bits per heavy atom. The summed E-state index contributed by atoms with van der Waals surface area (Å²) in [7, 11) is 1.95. The second-order valence-corrected chi connectivity index (χ2v) is 7.22. The summed E-state index contributed by atoms with van der Waals surface area (Å²) in [6, 6.07) is 8.78. The van der Waals surface area contributed by atoms with Crippen LogP contribution in [0.3, 0.4) is 0 Å². The zero-order chi connectivity index (χ0) is 16.6. The molecule has 1 aliphatic rings. The highest BCUT2D eigenvalue weighted by Gasteiger charge is 2.41. The molecule has 1 aromatic carbocycles. The van der Waals surface area contributed by atoms with Gasteiger partial charge in [-0.3, -0.25) is 0 Å². The number of fused-ring (bicyclic) bond motifs is 1. The third kappa shape index (κ3) is 2.55. The molecule has 4 atom stereocenters. The Labute approximate surface area is 139 Å². The van der Waals surface area contributed by atoms with E-state index in [9.17, 15) is 0 Å². The molecule has 2 aromatic rings. The number of hydrogen-bond donors (Lipinski definition) is 1. The molecule has 1 aromatic heterocycles. The van der Waals surface area contributed by atoms with Crippen molar-refractivity contribution < 1.29 is 0 Å². The van der Waals surface area contributed by atoms with Gasteiger partial charge in [0.15, 0.2) is 0 Å². The van der Waals surface area contributed by atoms with Crippen LogP contribution in [0.4, 0.5) is 0 Å². The third-order valence-corrected chi connectivity index (χ3v) is 5.80. The molecule has 0 aliphatic heterocycles. The van der Waals surface area contributed by atoms with Gasteiger partial charge in [-0.05, 0) is 48.6 Å². The highest BCUT2D eigenvalue weighted by atomic mass is 14.9. The van der Waals surface area contributed by atoms with Gasteiger partial charge in [0, 0.05) is 17.1 Å². The minimum absolute atomic E-state index is 0.0454. The van der Waals surface area contributed by atoms with E-state index in [0.29, 0.717) is 11.8 Å². The maximum atomic E-state index is 4.82. The predicted octanol–water partition coefficient (Wildman–Crippen LogP) is 5.80. The number of nitrogens with zero attached hydrogens (tertiary/aromatic N) is 1. The lowest BCUT2D eigenvalue weighted by molar-refractivity contribution is 0.191. The van der Waals surface area contributed by atoms with Crippen molar-refractivity contribution in [1.29, 1.82) is 0 Å². The van der Waals surface area contributed by atoms with Gasteiger partial charge in [0.1, 0.15) is 0 Å². The number of nitrogens with one attached hydrogen (secondary N) is 1. The van der Waals surface area contributed by atoms with Crippen LogP contribution in [0, 0.1) is 11.3 Å². The van der Waals surface area contributed by atoms with Crippen molar-refractivity contribution in [1.82, 2.24) is 4.98 Å². The molecule has 2 heteroatoms. The Morgan fingerprint density at radius 1 is 1.39 bits per heavy atom. The summed E-state index contributed by atoms with van der Waals surface area (Å²) >= 11 is 0. The molecule has 0 spiro atoms. The molecule has 1 saturated carbocycles. The van der Waals surface area contributed by atoms with Crippen LogP contribution in [0.25, 0.3) is 16.2 Å². The molecule has 0 amide bonds. The molecular weight excluding hydrogens is 280 g/mol. The Balaban J connectivity index is 2.16. The summed E-state index contributed by atoms with van der Waals surface area (Å²) in [5, 5.41) is 6.13. The van der Waals surface area contributed by atoms with Crippen LogP contribution in [0.2, 0.25) is 0 Å². The van der Waals surface area contributed by atoms with Gasteiger partial charge in [0.05, 0.1) is 0 Å². The average molecular weight is 307 g/mol. The largest absolute Gasteiger partial charge is 0.661 e. The minimum Gasteiger partial charge on any atom is -0.661 e. The summed E-state index contributed by atoms with van der Waals surface area (Å²) in [5.41, 5.74) is 3.88. The number of para-hydroxylation sites is 1. The average Bonchev–Trinajstić information content (AvgIpc) is 2.97. The first-order chi connectivity index (χ1) is 11.0. The van der Waals surface area contributed by atoms with Gasteiger partial charge >= 0.3 is 0 Å². The molecule has 23 heavy (non-hydrogen) atoms. The lowest BCUT2D eigenvalue weighted by atomic mass is 9.59. The number of aromatic nitrogens is 1. The lowest BCUT2D eigenvalue weighted by Gasteiger charge is -2.55. The van der Waals surface area contributed by atoms with E-state index in [1.54, 1.807) is 0 Å². The van der Waals surface area contributed by atoms with E-state index in [-0.39, 0.29) is 11.5 Å². The molecule has 0 bridgehead atoms. The van der Waals surface area contributed by atoms with Crippen molar-refractivity contribution in [3.63, 3.8) is 0 Å². The number of allylic oxidation sites excluding steroid dienone is 1. The van der Waals surface area contributed by atoms with Gasteiger partial charge in [0.2, 0.25) is 0 Å². The topological polar surface area (TPSA) is 29.9 Å². The van der Waals surface area contributed by atoms with Gasteiger partial charge in [-0.2, -0.15) is 7.05 Å². The van der Waals surface area contributed by atoms with Gasteiger partial charge in [-0.1, -0.05) is 43.4 Å². The van der Waals surface area contributed by atoms with E-state index >= 15 is 0 Å². The van der Waals surface area contributed by atoms with E-state index in [0.717, 1.165) is 12.8 Å². The van der Waals surface area contributed by atoms with Crippen molar-refractivity contribution in [2.45, 2.75) is 38.6 Å². The molecule has 0 unspecified atom stereocenters. The summed E-state index contributed by atoms with van der Waals surface area (Å²) in [5.74, 6) is 0.821. The van der Waals surface area contributed by atoms with Crippen molar-refractivity contribution in [2.24, 2.45) is 11.3 Å². The first-order valence-corrected chi connectivity index (χ1v) is 8.46. The fourth-order valence-electron chi connectivity index (χ4n) is 4.41. The summed E-state index contributed by atoms with van der Waals surface area (Å²) < 4.78 is 0. The van der Waals surface area contributed by atoms with Crippen LogP contribution in [0.1, 0.15) is 38.2 Å². The van der Waals surface area contributed by atoms with Crippen LogP contribution in [-0.4, -0.2) is 18.1 Å². The zero-order valence-corrected chi connectivity index (χ0v) is 14.5. The molecule has 3 rings (SSSR count). The van der Waals surface area contributed by atoms with E-state index in [1.165, 1.54) is 22.0 Å². The van der Waals surface area contributed by atoms with Gasteiger partial charge in [-0.25, -0.2) is 0 Å². The van der Waals surface area contributed by atoms with Gasteiger partial charge in [-0.15, -0.1) is 12.6 Å². The number of rotatable bonds is 4. The smallest absolute Gasteiger partial charge is 0.0456 e. The number of likely N-dealkylation sites (N-methyl/N-ethyl adjacent to an activating group) is 1. The van der Waals surface area contributed by atoms with Crippen molar-refractivity contribution in [3.8, 4) is 0 Å². The fourth-order valence-corrected chi connectivity index (χ4v) is 4.41. The molecular formula is C21H27N2-. The number of aromatic amines is 1. The summed E-state index contributed by atoms with van der Waals surface area (Å²) in [6.07, 6.45) is 6.56. The zero-order valence-electron chi connectivity index (χ0n) is 14.5. The molecule has 1 aliphatic carbocycles. The third-order valence-electron chi connectivity index (χ3n) is 5.80. The molecule has 0 saturated heterocycles. The van der Waals surface area contributed by atoms with Crippen LogP contribution in [0.5, 0.6) is 0 Å². The maximum absolute atomic E-state index is 4.82. The van der Waals surface area contributed by atoms with Crippen molar-refractivity contribution >= 4 is 10.9 Å². The fraction of sp³-hybridized carbons (Fsp3) is 0.429. The monoisotopic (exact) mass is 307 g/mol. The quantitative estimate of drug-likeness (QED) is 0.692. The Bertz CT molecular complexity index is 726. The van der Waals surface area contributed by atoms with Crippen LogP contribution in [-0.2, 0) is 0 Å². The Morgan fingerprint density at radius 3 is 2.78 bits per heavy atom. The molecule has 122 valence electrons. The second-order valence-electron chi connectivity index (χ2n) is 7.22. The van der Waals surface area contributed by atoms with Gasteiger partial charge in [0.25, 0.3) is 0 Å². The van der Waals surface area contributed by atoms with Crippen LogP contribution in [0.15, 0.2) is 55.3 Å². The standard InChI is InChI=1S/C21H27N2/c1-6-21(4)12-11-15(14(2)3)19(20(21)22-5)17-13-23-18-10-8-7-9-16(17)18/h6-10,13,15,19-20,23H,1-2,11-12H2,3-5H3/q-1/t15-,19+,20-,21-/m1/s1. The Hall–Kier alpha value is -1.80. The van der Waals surface area contributed by atoms with Crippen LogP contribution < -0.4 is 0 Å². The number of hydrogen-bond acceptors (Lipinski definition) is 0. The Kier molecular flexibility index (Phi) is 4.20. The highest BCUT2D eigenvalue weighted by Crippen LogP contribution is 2.53. The molecule has 1 fully saturated rings. The SMILES string of the molecule is C=C[C@]1(C)CC[C@H](C(=C)C)[C@@H](c2c[nH]c3ccccc23)[C@H]1[N-]C. The highest BCUT2D eigenvalue weighted by molar-refractivity contribution is 5.84. The van der Waals surface area contributed by atoms with Crippen LogP contribution >= 0.6 is 0 Å². The normalized spacial score (nSPS) is 31.2. The number of benzene rings is 1. The van der Waals surface area contributed by atoms with E-state index in [1.807, 2.05) is 7.05 Å². The summed E-state index contributed by atoms with van der Waals surface area (Å²) in [4.78, 5) is 3.44. The minimum atomic E-state index is 0.0454. The molecule has 2 nitrogen and oxygen atoms in total. The molecule has 1 N–H and O–H groups in total. The summed E-state index contributed by atoms with van der Waals surface area (Å²) in [6.45, 7) is 12.9. The predicted molar refractivity (Wildman–Crippen MR) is 100.0 cm³/mol.